The first-order valence-electron chi connectivity index (χ1n) is 6.86. The van der Waals surface area contributed by atoms with Crippen molar-refractivity contribution >= 4 is 18.3 Å². The number of carbonyl (C=O) groups excluding carboxylic acids is 1. The van der Waals surface area contributed by atoms with Crippen molar-refractivity contribution in [3.8, 4) is 0 Å². The highest BCUT2D eigenvalue weighted by Crippen LogP contribution is 2.31. The molecule has 0 bridgehead atoms. The Morgan fingerprint density at radius 2 is 2.05 bits per heavy atom. The highest BCUT2D eigenvalue weighted by molar-refractivity contribution is 5.85. The molecule has 1 aromatic rings. The first-order valence-corrected chi connectivity index (χ1v) is 6.86. The van der Waals surface area contributed by atoms with Gasteiger partial charge in [-0.2, -0.15) is 0 Å². The predicted octanol–water partition coefficient (Wildman–Crippen LogP) is 1.65. The van der Waals surface area contributed by atoms with Crippen LogP contribution in [0.2, 0.25) is 0 Å². The van der Waals surface area contributed by atoms with Gasteiger partial charge in [0.05, 0.1) is 0 Å². The summed E-state index contributed by atoms with van der Waals surface area (Å²) in [5.74, 6) is 0.753. The van der Waals surface area contributed by atoms with Crippen LogP contribution >= 0.6 is 12.4 Å². The average molecular weight is 299 g/mol. The summed E-state index contributed by atoms with van der Waals surface area (Å²) in [5, 5.41) is 0. The Morgan fingerprint density at radius 1 is 1.35 bits per heavy atom. The molecule has 0 aromatic heterocycles. The van der Waals surface area contributed by atoms with Crippen LogP contribution in [-0.2, 0) is 9.53 Å². The van der Waals surface area contributed by atoms with E-state index in [2.05, 4.69) is 12.1 Å². The minimum absolute atomic E-state index is 0. The van der Waals surface area contributed by atoms with Crippen LogP contribution < -0.4 is 5.73 Å². The van der Waals surface area contributed by atoms with Crippen LogP contribution in [0.3, 0.4) is 0 Å². The molecule has 0 saturated carbocycles. The fourth-order valence-corrected chi connectivity index (χ4v) is 2.67. The molecule has 0 spiro atoms. The number of likely N-dealkylation sites (tertiary alicyclic amines) is 1. The number of halogens is 1. The first kappa shape index (κ1) is 17.0. The van der Waals surface area contributed by atoms with E-state index in [0.717, 1.165) is 13.1 Å². The number of nitrogens with zero attached hydrogens (tertiary/aromatic N) is 1. The summed E-state index contributed by atoms with van der Waals surface area (Å²) in [6, 6.07) is 10.3. The molecule has 1 amide bonds. The Balaban J connectivity index is 0.00000200. The van der Waals surface area contributed by atoms with Crippen LogP contribution in [0.4, 0.5) is 0 Å². The zero-order chi connectivity index (χ0) is 13.7. The highest BCUT2D eigenvalue weighted by Gasteiger charge is 2.34. The van der Waals surface area contributed by atoms with Crippen molar-refractivity contribution in [2.75, 3.05) is 32.8 Å². The van der Waals surface area contributed by atoms with Crippen molar-refractivity contribution in [1.82, 2.24) is 4.90 Å². The molecule has 1 aliphatic heterocycles. The number of carbonyl (C=O) groups is 1. The predicted molar refractivity (Wildman–Crippen MR) is 82.0 cm³/mol. The van der Waals surface area contributed by atoms with Gasteiger partial charge < -0.3 is 15.4 Å². The second-order valence-electron chi connectivity index (χ2n) is 4.95. The van der Waals surface area contributed by atoms with Gasteiger partial charge in [-0.3, -0.25) is 4.79 Å². The zero-order valence-corrected chi connectivity index (χ0v) is 12.6. The third-order valence-corrected chi connectivity index (χ3v) is 3.75. The van der Waals surface area contributed by atoms with Gasteiger partial charge in [0, 0.05) is 25.6 Å². The molecule has 0 radical (unpaired) electrons. The average Bonchev–Trinajstić information content (AvgIpc) is 2.90. The summed E-state index contributed by atoms with van der Waals surface area (Å²) in [6.45, 7) is 4.74. The highest BCUT2D eigenvalue weighted by atomic mass is 35.5. The molecule has 1 heterocycles. The lowest BCUT2D eigenvalue weighted by Crippen LogP contribution is -2.32. The van der Waals surface area contributed by atoms with E-state index >= 15 is 0 Å². The molecule has 1 fully saturated rings. The first-order chi connectivity index (χ1) is 9.26. The van der Waals surface area contributed by atoms with Crippen LogP contribution in [0.5, 0.6) is 0 Å². The number of hydrogen-bond donors (Lipinski definition) is 1. The van der Waals surface area contributed by atoms with Gasteiger partial charge in [-0.1, -0.05) is 30.3 Å². The van der Waals surface area contributed by atoms with Crippen LogP contribution in [0.25, 0.3) is 0 Å². The van der Waals surface area contributed by atoms with Crippen molar-refractivity contribution < 1.29 is 9.53 Å². The van der Waals surface area contributed by atoms with Crippen molar-refractivity contribution in [3.63, 3.8) is 0 Å². The molecule has 4 nitrogen and oxygen atoms in total. The van der Waals surface area contributed by atoms with Crippen LogP contribution in [0.15, 0.2) is 30.3 Å². The quantitative estimate of drug-likeness (QED) is 0.899. The Labute approximate surface area is 126 Å². The fourth-order valence-electron chi connectivity index (χ4n) is 2.67. The molecule has 1 aliphatic rings. The second kappa shape index (κ2) is 8.25. The van der Waals surface area contributed by atoms with Crippen molar-refractivity contribution in [2.45, 2.75) is 12.8 Å². The molecule has 20 heavy (non-hydrogen) atoms. The van der Waals surface area contributed by atoms with Crippen LogP contribution in [0.1, 0.15) is 18.4 Å². The van der Waals surface area contributed by atoms with E-state index in [1.807, 2.05) is 30.0 Å². The molecule has 2 atom stereocenters. The van der Waals surface area contributed by atoms with Gasteiger partial charge in [0.15, 0.2) is 0 Å². The lowest BCUT2D eigenvalue weighted by molar-refractivity contribution is -0.135. The number of ether oxygens (including phenoxy) is 1. The fraction of sp³-hybridized carbons (Fsp3) is 0.533. The Bertz CT molecular complexity index is 414. The van der Waals surface area contributed by atoms with Crippen LogP contribution in [0, 0.1) is 5.92 Å². The normalized spacial score (nSPS) is 21.6. The van der Waals surface area contributed by atoms with Gasteiger partial charge in [0.1, 0.15) is 6.61 Å². The minimum atomic E-state index is 0. The van der Waals surface area contributed by atoms with E-state index in [1.54, 1.807) is 0 Å². The van der Waals surface area contributed by atoms with Crippen molar-refractivity contribution in [2.24, 2.45) is 11.7 Å². The van der Waals surface area contributed by atoms with Gasteiger partial charge in [-0.25, -0.2) is 0 Å². The monoisotopic (exact) mass is 298 g/mol. The third-order valence-electron chi connectivity index (χ3n) is 3.75. The standard InChI is InChI=1S/C15H22N2O2.ClH/c1-2-19-11-15(18)17-9-13(8-16)14(10-17)12-6-4-3-5-7-12;/h3-7,13-14H,2,8-11,16H2,1H3;1H/t13-,14+;/m1./s1. The van der Waals surface area contributed by atoms with E-state index in [4.69, 9.17) is 10.5 Å². The van der Waals surface area contributed by atoms with Crippen molar-refractivity contribution in [1.29, 1.82) is 0 Å². The van der Waals surface area contributed by atoms with Gasteiger partial charge in [0.2, 0.25) is 5.91 Å². The number of rotatable bonds is 5. The lowest BCUT2D eigenvalue weighted by atomic mass is 9.89. The summed E-state index contributed by atoms with van der Waals surface area (Å²) in [4.78, 5) is 13.9. The third kappa shape index (κ3) is 3.95. The van der Waals surface area contributed by atoms with Gasteiger partial charge in [-0.15, -0.1) is 12.4 Å². The zero-order valence-electron chi connectivity index (χ0n) is 11.8. The van der Waals surface area contributed by atoms with E-state index in [9.17, 15) is 4.79 Å². The largest absolute Gasteiger partial charge is 0.372 e. The summed E-state index contributed by atoms with van der Waals surface area (Å²) < 4.78 is 5.20. The molecule has 2 N–H and O–H groups in total. The maximum Gasteiger partial charge on any atom is 0.248 e. The van der Waals surface area contributed by atoms with Gasteiger partial charge >= 0.3 is 0 Å². The smallest absolute Gasteiger partial charge is 0.248 e. The molecule has 1 saturated heterocycles. The van der Waals surface area contributed by atoms with Crippen LogP contribution in [-0.4, -0.2) is 43.7 Å². The number of hydrogen-bond acceptors (Lipinski definition) is 3. The minimum Gasteiger partial charge on any atom is -0.372 e. The molecule has 0 unspecified atom stereocenters. The van der Waals surface area contributed by atoms with E-state index in [0.29, 0.717) is 25.0 Å². The summed E-state index contributed by atoms with van der Waals surface area (Å²) in [6.07, 6.45) is 0. The second-order valence-corrected chi connectivity index (χ2v) is 4.95. The van der Waals surface area contributed by atoms with E-state index < -0.39 is 0 Å². The topological polar surface area (TPSA) is 55.6 Å². The Hall–Kier alpha value is -1.10. The SMILES string of the molecule is CCOCC(=O)N1C[C@@H](CN)[C@H](c2ccccc2)C1.Cl. The maximum absolute atomic E-state index is 12.0. The lowest BCUT2D eigenvalue weighted by Gasteiger charge is -2.16. The number of benzene rings is 1. The number of amides is 1. The summed E-state index contributed by atoms with van der Waals surface area (Å²) in [7, 11) is 0. The molecule has 0 aliphatic carbocycles. The maximum atomic E-state index is 12.0. The Kier molecular flexibility index (Phi) is 6.99. The molecular weight excluding hydrogens is 276 g/mol. The van der Waals surface area contributed by atoms with Crippen molar-refractivity contribution in [3.05, 3.63) is 35.9 Å². The number of nitrogens with two attached hydrogens (primary N) is 1. The molecule has 5 heteroatoms. The summed E-state index contributed by atoms with van der Waals surface area (Å²) in [5.41, 5.74) is 7.12. The molecular formula is C15H23ClN2O2. The van der Waals surface area contributed by atoms with E-state index in [1.165, 1.54) is 5.56 Å². The van der Waals surface area contributed by atoms with Gasteiger partial charge in [-0.05, 0) is 24.9 Å². The van der Waals surface area contributed by atoms with E-state index in [-0.39, 0.29) is 24.9 Å². The molecule has 1 aromatic carbocycles. The molecule has 112 valence electrons. The molecule has 2 rings (SSSR count). The Morgan fingerprint density at radius 3 is 2.65 bits per heavy atom. The summed E-state index contributed by atoms with van der Waals surface area (Å²) >= 11 is 0. The van der Waals surface area contributed by atoms with Gasteiger partial charge in [0.25, 0.3) is 0 Å².